The third-order valence-electron chi connectivity index (χ3n) is 3.74. The van der Waals surface area contributed by atoms with E-state index in [4.69, 9.17) is 11.6 Å². The molecule has 0 spiro atoms. The summed E-state index contributed by atoms with van der Waals surface area (Å²) >= 11 is 5.77. The lowest BCUT2D eigenvalue weighted by molar-refractivity contribution is 0.585. The first-order valence-electron chi connectivity index (χ1n) is 8.39. The van der Waals surface area contributed by atoms with Crippen LogP contribution in [0, 0.1) is 0 Å². The number of nitrogens with zero attached hydrogens (tertiary/aromatic N) is 3. The lowest BCUT2D eigenvalue weighted by atomic mass is 10.2. The standard InChI is InChI=1S/C18H24ClN5O/c1-20-18(22-11-9-15-7-8-16(19)23-14-15)21-10-3-5-13-24-12-4-2-6-17(24)25/h2,4,6-8,12,14H,3,5,9-11,13H2,1H3,(H2,20,21,22). The average molecular weight is 362 g/mol. The Labute approximate surface area is 153 Å². The Morgan fingerprint density at radius 1 is 1.20 bits per heavy atom. The van der Waals surface area contributed by atoms with Crippen LogP contribution in [0.25, 0.3) is 0 Å². The van der Waals surface area contributed by atoms with Crippen LogP contribution in [0.3, 0.4) is 0 Å². The monoisotopic (exact) mass is 361 g/mol. The minimum Gasteiger partial charge on any atom is -0.356 e. The highest BCUT2D eigenvalue weighted by atomic mass is 35.5. The van der Waals surface area contributed by atoms with E-state index in [1.54, 1.807) is 36.0 Å². The van der Waals surface area contributed by atoms with Crippen molar-refractivity contribution in [3.05, 3.63) is 63.8 Å². The van der Waals surface area contributed by atoms with E-state index in [1.165, 1.54) is 0 Å². The Morgan fingerprint density at radius 3 is 2.76 bits per heavy atom. The number of aliphatic imine (C=N–C) groups is 1. The minimum atomic E-state index is 0.0459. The maximum Gasteiger partial charge on any atom is 0.250 e. The first-order chi connectivity index (χ1) is 12.2. The van der Waals surface area contributed by atoms with Crippen LogP contribution in [0.1, 0.15) is 18.4 Å². The van der Waals surface area contributed by atoms with Gasteiger partial charge in [-0.2, -0.15) is 0 Å². The summed E-state index contributed by atoms with van der Waals surface area (Å²) < 4.78 is 1.73. The average Bonchev–Trinajstić information content (AvgIpc) is 2.63. The molecule has 2 aromatic heterocycles. The van der Waals surface area contributed by atoms with Gasteiger partial charge in [0.25, 0.3) is 0 Å². The SMILES string of the molecule is CN=C(NCCCCn1ccccc1=O)NCCc1ccc(Cl)nc1. The zero-order valence-electron chi connectivity index (χ0n) is 14.4. The quantitative estimate of drug-likeness (QED) is 0.327. The van der Waals surface area contributed by atoms with E-state index in [1.807, 2.05) is 18.3 Å². The fraction of sp³-hybridized carbons (Fsp3) is 0.389. The molecule has 0 bridgehead atoms. The third-order valence-corrected chi connectivity index (χ3v) is 3.96. The number of hydrogen-bond acceptors (Lipinski definition) is 3. The molecule has 0 fully saturated rings. The van der Waals surface area contributed by atoms with E-state index >= 15 is 0 Å². The van der Waals surface area contributed by atoms with Gasteiger partial charge in [0, 0.05) is 45.1 Å². The van der Waals surface area contributed by atoms with Crippen molar-refractivity contribution in [3.63, 3.8) is 0 Å². The van der Waals surface area contributed by atoms with Gasteiger partial charge < -0.3 is 15.2 Å². The van der Waals surface area contributed by atoms with Gasteiger partial charge in [-0.15, -0.1) is 0 Å². The molecule has 2 aromatic rings. The van der Waals surface area contributed by atoms with E-state index < -0.39 is 0 Å². The fourth-order valence-electron chi connectivity index (χ4n) is 2.36. The van der Waals surface area contributed by atoms with Crippen molar-refractivity contribution in [1.29, 1.82) is 0 Å². The molecule has 0 aliphatic carbocycles. The number of hydrogen-bond donors (Lipinski definition) is 2. The summed E-state index contributed by atoms with van der Waals surface area (Å²) in [5.74, 6) is 0.777. The van der Waals surface area contributed by atoms with Gasteiger partial charge in [-0.25, -0.2) is 4.98 Å². The molecule has 6 nitrogen and oxygen atoms in total. The molecule has 0 aliphatic rings. The van der Waals surface area contributed by atoms with Crippen LogP contribution in [-0.2, 0) is 13.0 Å². The molecule has 0 radical (unpaired) electrons. The zero-order chi connectivity index (χ0) is 17.9. The number of guanidine groups is 1. The maximum absolute atomic E-state index is 11.6. The van der Waals surface area contributed by atoms with Crippen LogP contribution >= 0.6 is 11.6 Å². The van der Waals surface area contributed by atoms with E-state index in [0.29, 0.717) is 5.15 Å². The summed E-state index contributed by atoms with van der Waals surface area (Å²) in [4.78, 5) is 19.9. The molecule has 0 aliphatic heterocycles. The van der Waals surface area contributed by atoms with Crippen molar-refractivity contribution >= 4 is 17.6 Å². The lowest BCUT2D eigenvalue weighted by Crippen LogP contribution is -2.38. The Hall–Kier alpha value is -2.34. The summed E-state index contributed by atoms with van der Waals surface area (Å²) in [6.45, 7) is 2.31. The normalized spacial score (nSPS) is 11.4. The maximum atomic E-state index is 11.6. The summed E-state index contributed by atoms with van der Waals surface area (Å²) in [5.41, 5.74) is 1.17. The predicted molar refractivity (Wildman–Crippen MR) is 102 cm³/mol. The first kappa shape index (κ1) is 19.0. The number of aromatic nitrogens is 2. The van der Waals surface area contributed by atoms with Gasteiger partial charge >= 0.3 is 0 Å². The van der Waals surface area contributed by atoms with Gasteiger partial charge in [-0.05, 0) is 37.0 Å². The minimum absolute atomic E-state index is 0.0459. The zero-order valence-corrected chi connectivity index (χ0v) is 15.2. The Bertz CT molecular complexity index is 727. The van der Waals surface area contributed by atoms with Crippen molar-refractivity contribution in [2.75, 3.05) is 20.1 Å². The molecule has 0 amide bonds. The van der Waals surface area contributed by atoms with Gasteiger partial charge in [0.05, 0.1) is 0 Å². The highest BCUT2D eigenvalue weighted by Crippen LogP contribution is 2.05. The van der Waals surface area contributed by atoms with Crippen molar-refractivity contribution in [3.8, 4) is 0 Å². The number of unbranched alkanes of at least 4 members (excludes halogenated alkanes) is 1. The lowest BCUT2D eigenvalue weighted by Gasteiger charge is -2.12. The molecule has 0 unspecified atom stereocenters. The van der Waals surface area contributed by atoms with Crippen LogP contribution in [0.15, 0.2) is 52.5 Å². The van der Waals surface area contributed by atoms with E-state index in [0.717, 1.165) is 50.4 Å². The van der Waals surface area contributed by atoms with E-state index in [9.17, 15) is 4.79 Å². The number of aryl methyl sites for hydroxylation is 1. The second-order valence-corrected chi connectivity index (χ2v) is 5.99. The summed E-state index contributed by atoms with van der Waals surface area (Å²) in [6, 6.07) is 8.98. The smallest absolute Gasteiger partial charge is 0.250 e. The highest BCUT2D eigenvalue weighted by molar-refractivity contribution is 6.29. The van der Waals surface area contributed by atoms with Gasteiger partial charge in [0.1, 0.15) is 5.15 Å². The molecule has 0 atom stereocenters. The van der Waals surface area contributed by atoms with E-state index in [2.05, 4.69) is 20.6 Å². The fourth-order valence-corrected chi connectivity index (χ4v) is 2.47. The van der Waals surface area contributed by atoms with Gasteiger partial charge in [0.2, 0.25) is 5.56 Å². The van der Waals surface area contributed by atoms with Crippen LogP contribution in [0.4, 0.5) is 0 Å². The molecule has 2 N–H and O–H groups in total. The number of nitrogens with one attached hydrogen (secondary N) is 2. The van der Waals surface area contributed by atoms with Crippen LogP contribution < -0.4 is 16.2 Å². The summed E-state index contributed by atoms with van der Waals surface area (Å²) in [6.07, 6.45) is 6.35. The summed E-state index contributed by atoms with van der Waals surface area (Å²) in [7, 11) is 1.75. The van der Waals surface area contributed by atoms with Crippen LogP contribution in [0.2, 0.25) is 5.15 Å². The molecular formula is C18H24ClN5O. The van der Waals surface area contributed by atoms with Crippen molar-refractivity contribution < 1.29 is 0 Å². The van der Waals surface area contributed by atoms with Crippen molar-refractivity contribution in [1.82, 2.24) is 20.2 Å². The molecular weight excluding hydrogens is 338 g/mol. The number of rotatable bonds is 8. The van der Waals surface area contributed by atoms with Crippen molar-refractivity contribution in [2.24, 2.45) is 4.99 Å². The van der Waals surface area contributed by atoms with Crippen LogP contribution in [-0.4, -0.2) is 35.6 Å². The van der Waals surface area contributed by atoms with Gasteiger partial charge in [-0.1, -0.05) is 23.7 Å². The highest BCUT2D eigenvalue weighted by Gasteiger charge is 1.99. The molecule has 7 heteroatoms. The Kier molecular flexibility index (Phi) is 7.98. The molecule has 0 saturated carbocycles. The Balaban J connectivity index is 1.61. The number of halogens is 1. The summed E-state index contributed by atoms with van der Waals surface area (Å²) in [5, 5.41) is 7.06. The predicted octanol–water partition coefficient (Wildman–Crippen LogP) is 2.08. The molecule has 2 rings (SSSR count). The molecule has 25 heavy (non-hydrogen) atoms. The van der Waals surface area contributed by atoms with Gasteiger partial charge in [0.15, 0.2) is 5.96 Å². The molecule has 2 heterocycles. The van der Waals surface area contributed by atoms with Crippen LogP contribution in [0.5, 0.6) is 0 Å². The van der Waals surface area contributed by atoms with E-state index in [-0.39, 0.29) is 5.56 Å². The topological polar surface area (TPSA) is 71.3 Å². The van der Waals surface area contributed by atoms with Crippen molar-refractivity contribution in [2.45, 2.75) is 25.8 Å². The second kappa shape index (κ2) is 10.5. The largest absolute Gasteiger partial charge is 0.356 e. The van der Waals surface area contributed by atoms with Gasteiger partial charge in [-0.3, -0.25) is 9.79 Å². The molecule has 0 aromatic carbocycles. The second-order valence-electron chi connectivity index (χ2n) is 5.60. The first-order valence-corrected chi connectivity index (χ1v) is 8.77. The number of pyridine rings is 2. The molecule has 134 valence electrons. The Morgan fingerprint density at radius 2 is 2.04 bits per heavy atom. The third kappa shape index (κ3) is 6.97. The molecule has 0 saturated heterocycles.